The molecule has 1 unspecified atom stereocenters. The van der Waals surface area contributed by atoms with Gasteiger partial charge in [0.15, 0.2) is 0 Å². The minimum Gasteiger partial charge on any atom is -0.487 e. The normalized spacial score (nSPS) is 15.8. The average molecular weight is 443 g/mol. The van der Waals surface area contributed by atoms with Crippen molar-refractivity contribution in [3.05, 3.63) is 83.4 Å². The summed E-state index contributed by atoms with van der Waals surface area (Å²) in [5, 5.41) is 3.07. The molecule has 1 aliphatic rings. The highest BCUT2D eigenvalue weighted by Crippen LogP contribution is 2.36. The standard InChI is InChI=1S/C22H19ClN2O4S/c1-15-14-25(20-8-4-5-9-21(20)29-15)30(27,28)17-12-10-16(11-13-17)24-22(26)18-6-2-3-7-19(18)23/h2-13,15H,14H2,1H3,(H,24,26). The number of amides is 1. The van der Waals surface area contributed by atoms with E-state index in [-0.39, 0.29) is 23.5 Å². The number of anilines is 2. The summed E-state index contributed by atoms with van der Waals surface area (Å²) < 4.78 is 33.6. The summed E-state index contributed by atoms with van der Waals surface area (Å²) >= 11 is 6.05. The predicted molar refractivity (Wildman–Crippen MR) is 117 cm³/mol. The number of para-hydroxylation sites is 2. The van der Waals surface area contributed by atoms with Crippen molar-refractivity contribution < 1.29 is 17.9 Å². The first kappa shape index (κ1) is 20.3. The van der Waals surface area contributed by atoms with Gasteiger partial charge in [-0.2, -0.15) is 0 Å². The molecule has 0 aliphatic carbocycles. The second kappa shape index (κ2) is 8.01. The highest BCUT2D eigenvalue weighted by molar-refractivity contribution is 7.92. The second-order valence-electron chi connectivity index (χ2n) is 6.89. The average Bonchev–Trinajstić information content (AvgIpc) is 2.73. The first-order valence-electron chi connectivity index (χ1n) is 9.30. The lowest BCUT2D eigenvalue weighted by atomic mass is 10.2. The number of nitrogens with one attached hydrogen (secondary N) is 1. The molecule has 1 heterocycles. The van der Waals surface area contributed by atoms with E-state index in [0.29, 0.717) is 27.7 Å². The highest BCUT2D eigenvalue weighted by atomic mass is 35.5. The molecule has 8 heteroatoms. The van der Waals surface area contributed by atoms with Crippen molar-refractivity contribution in [3.8, 4) is 5.75 Å². The van der Waals surface area contributed by atoms with Crippen molar-refractivity contribution >= 4 is 38.9 Å². The van der Waals surface area contributed by atoms with Crippen molar-refractivity contribution in [2.45, 2.75) is 17.9 Å². The summed E-state index contributed by atoms with van der Waals surface area (Å²) in [6.45, 7) is 2.04. The summed E-state index contributed by atoms with van der Waals surface area (Å²) in [7, 11) is -3.79. The zero-order valence-corrected chi connectivity index (χ0v) is 17.7. The van der Waals surface area contributed by atoms with Crippen LogP contribution in [0.15, 0.2) is 77.7 Å². The lowest BCUT2D eigenvalue weighted by Crippen LogP contribution is -2.42. The van der Waals surface area contributed by atoms with Crippen LogP contribution in [0.5, 0.6) is 5.75 Å². The molecule has 1 N–H and O–H groups in total. The number of rotatable bonds is 4. The van der Waals surface area contributed by atoms with Gasteiger partial charge >= 0.3 is 0 Å². The Bertz CT molecular complexity index is 1200. The Morgan fingerprint density at radius 2 is 1.70 bits per heavy atom. The number of carbonyl (C=O) groups is 1. The molecule has 0 radical (unpaired) electrons. The molecule has 3 aromatic rings. The van der Waals surface area contributed by atoms with Crippen LogP contribution in [0.4, 0.5) is 11.4 Å². The van der Waals surface area contributed by atoms with Crippen molar-refractivity contribution in [1.29, 1.82) is 0 Å². The lowest BCUT2D eigenvalue weighted by Gasteiger charge is -2.34. The molecule has 1 amide bonds. The fourth-order valence-corrected chi connectivity index (χ4v) is 5.03. The van der Waals surface area contributed by atoms with Gasteiger partial charge in [-0.25, -0.2) is 8.42 Å². The quantitative estimate of drug-likeness (QED) is 0.642. The minimum absolute atomic E-state index is 0.127. The van der Waals surface area contributed by atoms with Gasteiger partial charge in [-0.15, -0.1) is 0 Å². The molecule has 1 aliphatic heterocycles. The van der Waals surface area contributed by atoms with Crippen molar-refractivity contribution in [2.75, 3.05) is 16.2 Å². The fraction of sp³-hybridized carbons (Fsp3) is 0.136. The molecule has 0 saturated carbocycles. The molecule has 0 spiro atoms. The number of benzene rings is 3. The van der Waals surface area contributed by atoms with E-state index in [1.165, 1.54) is 16.4 Å². The maximum atomic E-state index is 13.3. The molecule has 4 rings (SSSR count). The molecule has 0 saturated heterocycles. The van der Waals surface area contributed by atoms with Crippen molar-refractivity contribution in [1.82, 2.24) is 0 Å². The second-order valence-corrected chi connectivity index (χ2v) is 9.16. The number of fused-ring (bicyclic) bond motifs is 1. The number of nitrogens with zero attached hydrogens (tertiary/aromatic N) is 1. The van der Waals surface area contributed by atoms with Gasteiger partial charge in [0.05, 0.1) is 27.7 Å². The molecular weight excluding hydrogens is 424 g/mol. The monoisotopic (exact) mass is 442 g/mol. The lowest BCUT2D eigenvalue weighted by molar-refractivity contribution is 0.102. The van der Waals surface area contributed by atoms with E-state index in [4.69, 9.17) is 16.3 Å². The third-order valence-corrected chi connectivity index (χ3v) is 6.83. The van der Waals surface area contributed by atoms with Crippen LogP contribution in [0, 0.1) is 0 Å². The largest absolute Gasteiger partial charge is 0.487 e. The van der Waals surface area contributed by atoms with Crippen LogP contribution < -0.4 is 14.4 Å². The summed E-state index contributed by atoms with van der Waals surface area (Å²) in [5.74, 6) is 0.163. The van der Waals surface area contributed by atoms with Crippen LogP contribution >= 0.6 is 11.6 Å². The van der Waals surface area contributed by atoms with Gasteiger partial charge in [0, 0.05) is 5.69 Å². The van der Waals surface area contributed by atoms with E-state index >= 15 is 0 Å². The third kappa shape index (κ3) is 3.86. The van der Waals surface area contributed by atoms with Crippen LogP contribution in [0.2, 0.25) is 5.02 Å². The number of hydrogen-bond acceptors (Lipinski definition) is 4. The van der Waals surface area contributed by atoms with Gasteiger partial charge in [0.2, 0.25) is 0 Å². The zero-order chi connectivity index (χ0) is 21.3. The maximum absolute atomic E-state index is 13.3. The molecule has 30 heavy (non-hydrogen) atoms. The predicted octanol–water partition coefficient (Wildman–Crippen LogP) is 4.57. The van der Waals surface area contributed by atoms with E-state index in [1.54, 1.807) is 60.7 Å². The minimum atomic E-state index is -3.79. The Kier molecular flexibility index (Phi) is 5.40. The SMILES string of the molecule is CC1CN(S(=O)(=O)c2ccc(NC(=O)c3ccccc3Cl)cc2)c2ccccc2O1. The van der Waals surface area contributed by atoms with E-state index in [0.717, 1.165) is 0 Å². The number of halogens is 1. The van der Waals surface area contributed by atoms with Crippen LogP contribution in [0.25, 0.3) is 0 Å². The summed E-state index contributed by atoms with van der Waals surface area (Å²) in [5.41, 5.74) is 1.32. The van der Waals surface area contributed by atoms with Gasteiger partial charge in [-0.1, -0.05) is 35.9 Å². The van der Waals surface area contributed by atoms with E-state index < -0.39 is 10.0 Å². The van der Waals surface area contributed by atoms with E-state index in [9.17, 15) is 13.2 Å². The Morgan fingerprint density at radius 3 is 2.43 bits per heavy atom. The number of ether oxygens (including phenoxy) is 1. The van der Waals surface area contributed by atoms with Crippen LogP contribution in [-0.4, -0.2) is 27.0 Å². The first-order valence-corrected chi connectivity index (χ1v) is 11.1. The Labute approximate surface area is 180 Å². The maximum Gasteiger partial charge on any atom is 0.264 e. The van der Waals surface area contributed by atoms with Crippen molar-refractivity contribution in [3.63, 3.8) is 0 Å². The van der Waals surface area contributed by atoms with Gasteiger partial charge in [-0.05, 0) is 55.5 Å². The van der Waals surface area contributed by atoms with Gasteiger partial charge in [0.1, 0.15) is 11.9 Å². The topological polar surface area (TPSA) is 75.7 Å². The molecule has 1 atom stereocenters. The molecule has 3 aromatic carbocycles. The molecule has 0 bridgehead atoms. The fourth-order valence-electron chi connectivity index (χ4n) is 3.26. The van der Waals surface area contributed by atoms with E-state index in [1.807, 2.05) is 6.92 Å². The first-order chi connectivity index (χ1) is 14.4. The third-order valence-electron chi connectivity index (χ3n) is 4.70. The Hall–Kier alpha value is -3.03. The molecule has 154 valence electrons. The van der Waals surface area contributed by atoms with Gasteiger partial charge < -0.3 is 10.1 Å². The Morgan fingerprint density at radius 1 is 1.03 bits per heavy atom. The summed E-state index contributed by atoms with van der Waals surface area (Å²) in [6, 6.07) is 19.8. The summed E-state index contributed by atoms with van der Waals surface area (Å²) in [4.78, 5) is 12.5. The van der Waals surface area contributed by atoms with Crippen molar-refractivity contribution in [2.24, 2.45) is 0 Å². The molecule has 0 fully saturated rings. The number of carbonyl (C=O) groups excluding carboxylic acids is 1. The van der Waals surface area contributed by atoms with E-state index in [2.05, 4.69) is 5.32 Å². The van der Waals surface area contributed by atoms with Crippen LogP contribution in [0.3, 0.4) is 0 Å². The smallest absolute Gasteiger partial charge is 0.264 e. The summed E-state index contributed by atoms with van der Waals surface area (Å²) in [6.07, 6.45) is -0.274. The molecule has 6 nitrogen and oxygen atoms in total. The van der Waals surface area contributed by atoms with Gasteiger partial charge in [0.25, 0.3) is 15.9 Å². The number of sulfonamides is 1. The molecule has 0 aromatic heterocycles. The molecular formula is C22H19ClN2O4S. The number of hydrogen-bond donors (Lipinski definition) is 1. The van der Waals surface area contributed by atoms with Crippen LogP contribution in [-0.2, 0) is 10.0 Å². The highest BCUT2D eigenvalue weighted by Gasteiger charge is 2.32. The zero-order valence-electron chi connectivity index (χ0n) is 16.1. The Balaban J connectivity index is 1.58. The van der Waals surface area contributed by atoms with Gasteiger partial charge in [-0.3, -0.25) is 9.10 Å². The van der Waals surface area contributed by atoms with Crippen LogP contribution in [0.1, 0.15) is 17.3 Å².